The number of ether oxygens (including phenoxy) is 1. The van der Waals surface area contributed by atoms with Crippen molar-refractivity contribution < 1.29 is 13.5 Å². The number of benzene rings is 2. The first-order valence-corrected chi connectivity index (χ1v) is 9.39. The molecule has 29 heavy (non-hydrogen) atoms. The lowest BCUT2D eigenvalue weighted by atomic mass is 10.1. The number of aromatic nitrogens is 2. The predicted octanol–water partition coefficient (Wildman–Crippen LogP) is 5.83. The Morgan fingerprint density at radius 3 is 2.72 bits per heavy atom. The zero-order valence-electron chi connectivity index (χ0n) is 16.8. The Labute approximate surface area is 168 Å². The highest BCUT2D eigenvalue weighted by molar-refractivity contribution is 5.85. The molecule has 0 amide bonds. The number of nitrogens with zero attached hydrogens (tertiary/aromatic N) is 2. The lowest BCUT2D eigenvalue weighted by molar-refractivity contribution is 0.383. The fourth-order valence-corrected chi connectivity index (χ4v) is 3.42. The minimum absolute atomic E-state index is 0.222. The summed E-state index contributed by atoms with van der Waals surface area (Å²) < 4.78 is 25.2. The Kier molecular flexibility index (Phi) is 4.92. The van der Waals surface area contributed by atoms with Crippen molar-refractivity contribution in [3.05, 3.63) is 71.5 Å². The normalized spacial score (nSPS) is 12.2. The largest absolute Gasteiger partial charge is 0.494 e. The molecule has 0 bridgehead atoms. The quantitative estimate of drug-likeness (QED) is 0.464. The van der Waals surface area contributed by atoms with Crippen LogP contribution in [-0.4, -0.2) is 17.1 Å². The summed E-state index contributed by atoms with van der Waals surface area (Å²) in [4.78, 5) is 9.05. The standard InChI is InChI=1S/C23H22FN3O2/c1-13-12-29-20-9-8-16(10-18(13)20)19-11-22(27-15(3)26-19)25-14(2)17-6-5-7-21(28-4)23(17)24/h5-12,14H,1-4H3,(H,25,26,27). The Morgan fingerprint density at radius 2 is 1.93 bits per heavy atom. The second kappa shape index (κ2) is 7.54. The molecule has 148 valence electrons. The highest BCUT2D eigenvalue weighted by atomic mass is 19.1. The van der Waals surface area contributed by atoms with Crippen molar-refractivity contribution in [1.29, 1.82) is 0 Å². The van der Waals surface area contributed by atoms with Gasteiger partial charge in [-0.25, -0.2) is 14.4 Å². The first-order chi connectivity index (χ1) is 14.0. The number of methoxy groups -OCH3 is 1. The summed E-state index contributed by atoms with van der Waals surface area (Å²) in [6, 6.07) is 12.7. The molecule has 0 radical (unpaired) electrons. The number of halogens is 1. The maximum Gasteiger partial charge on any atom is 0.170 e. The fraction of sp³-hybridized carbons (Fsp3) is 0.217. The van der Waals surface area contributed by atoms with Gasteiger partial charge in [0.2, 0.25) is 0 Å². The third-order valence-corrected chi connectivity index (χ3v) is 4.94. The molecule has 0 spiro atoms. The number of hydrogen-bond donors (Lipinski definition) is 1. The van der Waals surface area contributed by atoms with E-state index in [-0.39, 0.29) is 17.6 Å². The van der Waals surface area contributed by atoms with Crippen LogP contribution in [0.25, 0.3) is 22.2 Å². The van der Waals surface area contributed by atoms with Crippen LogP contribution in [0.2, 0.25) is 0 Å². The number of hydrogen-bond acceptors (Lipinski definition) is 5. The van der Waals surface area contributed by atoms with E-state index in [0.29, 0.717) is 17.2 Å². The summed E-state index contributed by atoms with van der Waals surface area (Å²) in [5.41, 5.74) is 4.19. The van der Waals surface area contributed by atoms with Gasteiger partial charge < -0.3 is 14.5 Å². The average Bonchev–Trinajstić information content (AvgIpc) is 3.08. The van der Waals surface area contributed by atoms with E-state index in [2.05, 4.69) is 21.4 Å². The molecule has 2 aromatic heterocycles. The molecule has 2 aromatic carbocycles. The Balaban J connectivity index is 1.67. The van der Waals surface area contributed by atoms with Gasteiger partial charge in [0.05, 0.1) is 25.1 Å². The molecule has 0 saturated heterocycles. The van der Waals surface area contributed by atoms with Crippen molar-refractivity contribution >= 4 is 16.8 Å². The second-order valence-electron chi connectivity index (χ2n) is 7.04. The Hall–Kier alpha value is -3.41. The lowest BCUT2D eigenvalue weighted by Crippen LogP contribution is -2.11. The van der Waals surface area contributed by atoms with Crippen LogP contribution < -0.4 is 10.1 Å². The van der Waals surface area contributed by atoms with E-state index in [1.165, 1.54) is 7.11 Å². The summed E-state index contributed by atoms with van der Waals surface area (Å²) in [7, 11) is 1.46. The van der Waals surface area contributed by atoms with Gasteiger partial charge in [0.25, 0.3) is 0 Å². The first kappa shape index (κ1) is 18.9. The first-order valence-electron chi connectivity index (χ1n) is 9.39. The van der Waals surface area contributed by atoms with E-state index >= 15 is 0 Å². The van der Waals surface area contributed by atoms with Crippen molar-refractivity contribution in [1.82, 2.24) is 9.97 Å². The number of aryl methyl sites for hydroxylation is 2. The predicted molar refractivity (Wildman–Crippen MR) is 112 cm³/mol. The SMILES string of the molecule is COc1cccc(C(C)Nc2cc(-c3ccc4occ(C)c4c3)nc(C)n2)c1F. The average molecular weight is 391 g/mol. The monoisotopic (exact) mass is 391 g/mol. The summed E-state index contributed by atoms with van der Waals surface area (Å²) in [6.07, 6.45) is 1.75. The molecule has 1 N–H and O–H groups in total. The van der Waals surface area contributed by atoms with Crippen LogP contribution in [0, 0.1) is 19.7 Å². The van der Waals surface area contributed by atoms with Crippen LogP contribution in [0.3, 0.4) is 0 Å². The third kappa shape index (κ3) is 3.66. The van der Waals surface area contributed by atoms with Gasteiger partial charge in [-0.3, -0.25) is 0 Å². The van der Waals surface area contributed by atoms with Crippen molar-refractivity contribution in [3.63, 3.8) is 0 Å². The van der Waals surface area contributed by atoms with E-state index in [4.69, 9.17) is 9.15 Å². The van der Waals surface area contributed by atoms with E-state index in [1.807, 2.05) is 39.0 Å². The van der Waals surface area contributed by atoms with Gasteiger partial charge >= 0.3 is 0 Å². The number of rotatable bonds is 5. The van der Waals surface area contributed by atoms with Crippen LogP contribution in [0.1, 0.15) is 29.9 Å². The van der Waals surface area contributed by atoms with E-state index < -0.39 is 0 Å². The van der Waals surface area contributed by atoms with Crippen LogP contribution in [0.15, 0.2) is 53.1 Å². The number of fused-ring (bicyclic) bond motifs is 1. The van der Waals surface area contributed by atoms with Crippen LogP contribution in [-0.2, 0) is 0 Å². The van der Waals surface area contributed by atoms with Crippen molar-refractivity contribution in [2.45, 2.75) is 26.8 Å². The molecular formula is C23H22FN3O2. The number of furan rings is 1. The van der Waals surface area contributed by atoms with Gasteiger partial charge in [-0.2, -0.15) is 0 Å². The maximum absolute atomic E-state index is 14.6. The van der Waals surface area contributed by atoms with Gasteiger partial charge in [0, 0.05) is 22.6 Å². The van der Waals surface area contributed by atoms with Crippen LogP contribution in [0.5, 0.6) is 5.75 Å². The molecule has 0 saturated carbocycles. The van der Waals surface area contributed by atoms with Crippen molar-refractivity contribution in [3.8, 4) is 17.0 Å². The van der Waals surface area contributed by atoms with Crippen molar-refractivity contribution in [2.24, 2.45) is 0 Å². The van der Waals surface area contributed by atoms with Gasteiger partial charge in [0.1, 0.15) is 17.2 Å². The molecule has 0 aliphatic heterocycles. The van der Waals surface area contributed by atoms with Crippen LogP contribution in [0.4, 0.5) is 10.2 Å². The van der Waals surface area contributed by atoms with E-state index in [1.54, 1.807) is 24.5 Å². The number of anilines is 1. The minimum Gasteiger partial charge on any atom is -0.494 e. The topological polar surface area (TPSA) is 60.2 Å². The molecule has 4 rings (SSSR count). The summed E-state index contributed by atoms with van der Waals surface area (Å²) in [6.45, 7) is 5.74. The van der Waals surface area contributed by atoms with E-state index in [9.17, 15) is 4.39 Å². The lowest BCUT2D eigenvalue weighted by Gasteiger charge is -2.17. The summed E-state index contributed by atoms with van der Waals surface area (Å²) >= 11 is 0. The fourth-order valence-electron chi connectivity index (χ4n) is 3.42. The van der Waals surface area contributed by atoms with Crippen LogP contribution >= 0.6 is 0 Å². The Bertz CT molecular complexity index is 1190. The highest BCUT2D eigenvalue weighted by Gasteiger charge is 2.16. The number of nitrogens with one attached hydrogen (secondary N) is 1. The zero-order valence-corrected chi connectivity index (χ0v) is 16.8. The van der Waals surface area contributed by atoms with Gasteiger partial charge in [0.15, 0.2) is 11.6 Å². The van der Waals surface area contributed by atoms with Gasteiger partial charge in [-0.05, 0) is 50.6 Å². The smallest absolute Gasteiger partial charge is 0.170 e. The highest BCUT2D eigenvalue weighted by Crippen LogP contribution is 2.30. The minimum atomic E-state index is -0.373. The van der Waals surface area contributed by atoms with Gasteiger partial charge in [-0.15, -0.1) is 0 Å². The molecule has 0 aliphatic carbocycles. The molecule has 1 unspecified atom stereocenters. The molecule has 4 aromatic rings. The molecule has 0 aliphatic rings. The van der Waals surface area contributed by atoms with Crippen molar-refractivity contribution in [2.75, 3.05) is 12.4 Å². The molecule has 2 heterocycles. The molecule has 6 heteroatoms. The molecule has 1 atom stereocenters. The molecule has 5 nitrogen and oxygen atoms in total. The maximum atomic E-state index is 14.6. The second-order valence-corrected chi connectivity index (χ2v) is 7.04. The molecule has 0 fully saturated rings. The third-order valence-electron chi connectivity index (χ3n) is 4.94. The Morgan fingerprint density at radius 1 is 1.10 bits per heavy atom. The summed E-state index contributed by atoms with van der Waals surface area (Å²) in [5.74, 6) is 1.11. The summed E-state index contributed by atoms with van der Waals surface area (Å²) in [5, 5.41) is 4.34. The van der Waals surface area contributed by atoms with E-state index in [0.717, 1.165) is 27.8 Å². The molecular weight excluding hydrogens is 369 g/mol. The van der Waals surface area contributed by atoms with Gasteiger partial charge in [-0.1, -0.05) is 12.1 Å². The zero-order chi connectivity index (χ0) is 20.5.